The van der Waals surface area contributed by atoms with Gasteiger partial charge in [0.05, 0.1) is 0 Å². The van der Waals surface area contributed by atoms with Crippen LogP contribution < -0.4 is 0 Å². The van der Waals surface area contributed by atoms with E-state index >= 15 is 0 Å². The third-order valence-electron chi connectivity index (χ3n) is 2.94. The van der Waals surface area contributed by atoms with Crippen molar-refractivity contribution in [1.82, 2.24) is 0 Å². The summed E-state index contributed by atoms with van der Waals surface area (Å²) in [6.07, 6.45) is 10.7. The highest BCUT2D eigenvalue weighted by atomic mass is 14.0. The third-order valence-corrected chi connectivity index (χ3v) is 2.94. The molecule has 1 unspecified atom stereocenters. The standard InChI is InChI=1S/C9H20.C5H10.C4H10.3C2H6/c1-4-6-8-9(3)7-5-2;1-4-5(2)3;1-3-4-2;3*1-2/h9H,4-8H2,1-3H3;2,4H2,1,3H3;3-4H2,1-2H3;3*1-2H3. The fourth-order valence-electron chi connectivity index (χ4n) is 1.19. The summed E-state index contributed by atoms with van der Waals surface area (Å²) in [7, 11) is 0. The molecule has 0 bridgehead atoms. The van der Waals surface area contributed by atoms with Gasteiger partial charge in [-0.3, -0.25) is 0 Å². The Balaban J connectivity index is -0.0000000464. The van der Waals surface area contributed by atoms with Gasteiger partial charge in [-0.2, -0.15) is 0 Å². The van der Waals surface area contributed by atoms with Crippen LogP contribution in [0.2, 0.25) is 0 Å². The van der Waals surface area contributed by atoms with Crippen molar-refractivity contribution in [2.75, 3.05) is 0 Å². The maximum absolute atomic E-state index is 3.67. The second kappa shape index (κ2) is 56.9. The number of rotatable bonds is 7. The molecular formula is C24H58. The van der Waals surface area contributed by atoms with Crippen LogP contribution in [0.15, 0.2) is 12.2 Å². The van der Waals surface area contributed by atoms with Crippen molar-refractivity contribution in [2.45, 2.75) is 141 Å². The molecule has 0 fully saturated rings. The van der Waals surface area contributed by atoms with Gasteiger partial charge in [0, 0.05) is 0 Å². The maximum atomic E-state index is 3.67. The summed E-state index contributed by atoms with van der Waals surface area (Å²) in [5.74, 6) is 0.968. The van der Waals surface area contributed by atoms with E-state index in [0.717, 1.165) is 12.3 Å². The van der Waals surface area contributed by atoms with E-state index < -0.39 is 0 Å². The van der Waals surface area contributed by atoms with E-state index in [0.29, 0.717) is 0 Å². The average Bonchev–Trinajstić information content (AvgIpc) is 2.65. The molecule has 0 aromatic heterocycles. The Hall–Kier alpha value is -0.260. The second-order valence-electron chi connectivity index (χ2n) is 5.35. The fraction of sp³-hybridized carbons (Fsp3) is 0.917. The Morgan fingerprint density at radius 3 is 1.17 bits per heavy atom. The molecule has 0 spiro atoms. The highest BCUT2D eigenvalue weighted by Gasteiger charge is 1.97. The van der Waals surface area contributed by atoms with Gasteiger partial charge in [-0.1, -0.05) is 134 Å². The molecule has 0 amide bonds. The Morgan fingerprint density at radius 2 is 1.00 bits per heavy atom. The molecule has 0 nitrogen and oxygen atoms in total. The summed E-state index contributed by atoms with van der Waals surface area (Å²) >= 11 is 0. The highest BCUT2D eigenvalue weighted by Crippen LogP contribution is 2.12. The molecule has 0 heteroatoms. The monoisotopic (exact) mass is 346 g/mol. The van der Waals surface area contributed by atoms with E-state index in [1.54, 1.807) is 0 Å². The lowest BCUT2D eigenvalue weighted by molar-refractivity contribution is 0.466. The normalized spacial score (nSPS) is 8.71. The van der Waals surface area contributed by atoms with Crippen LogP contribution in [-0.2, 0) is 0 Å². The first-order valence-corrected chi connectivity index (χ1v) is 11.1. The van der Waals surface area contributed by atoms with Gasteiger partial charge in [0.2, 0.25) is 0 Å². The van der Waals surface area contributed by atoms with Crippen molar-refractivity contribution >= 4 is 0 Å². The lowest BCUT2D eigenvalue weighted by Gasteiger charge is -2.07. The van der Waals surface area contributed by atoms with Crippen LogP contribution in [-0.4, -0.2) is 0 Å². The Kier molecular flexibility index (Phi) is 92.5. The first kappa shape index (κ1) is 39.0. The van der Waals surface area contributed by atoms with Crippen LogP contribution >= 0.6 is 0 Å². The van der Waals surface area contributed by atoms with Crippen LogP contribution in [0.25, 0.3) is 0 Å². The van der Waals surface area contributed by atoms with Gasteiger partial charge in [0.25, 0.3) is 0 Å². The zero-order valence-electron chi connectivity index (χ0n) is 20.4. The summed E-state index contributed by atoms with van der Waals surface area (Å²) in [6.45, 7) is 31.1. The molecule has 0 saturated heterocycles. The van der Waals surface area contributed by atoms with Gasteiger partial charge < -0.3 is 0 Å². The summed E-state index contributed by atoms with van der Waals surface area (Å²) in [4.78, 5) is 0. The zero-order valence-corrected chi connectivity index (χ0v) is 20.4. The lowest BCUT2D eigenvalue weighted by atomic mass is 10.00. The fourth-order valence-corrected chi connectivity index (χ4v) is 1.19. The van der Waals surface area contributed by atoms with Crippen molar-refractivity contribution in [1.29, 1.82) is 0 Å². The average molecular weight is 347 g/mol. The minimum Gasteiger partial charge on any atom is -0.100 e. The molecule has 0 aromatic carbocycles. The molecule has 1 atom stereocenters. The summed E-state index contributed by atoms with van der Waals surface area (Å²) in [5.41, 5.74) is 1.25. The van der Waals surface area contributed by atoms with Gasteiger partial charge in [-0.05, 0) is 19.3 Å². The number of allylic oxidation sites excluding steroid dienone is 1. The Labute approximate surface area is 159 Å². The van der Waals surface area contributed by atoms with Crippen LogP contribution in [0.5, 0.6) is 0 Å². The molecule has 0 aliphatic rings. The second-order valence-corrected chi connectivity index (χ2v) is 5.35. The maximum Gasteiger partial charge on any atom is -0.0354 e. The number of unbranched alkanes of at least 4 members (excludes halogenated alkanes) is 2. The van der Waals surface area contributed by atoms with E-state index in [-0.39, 0.29) is 0 Å². The quantitative estimate of drug-likeness (QED) is 0.402. The SMILES string of the molecule is C=C(C)CC.CC.CC.CC.CCCC.CCCCC(C)CCC. The molecule has 0 saturated carbocycles. The number of hydrogen-bond donors (Lipinski definition) is 0. The molecule has 0 rings (SSSR count). The van der Waals surface area contributed by atoms with Crippen molar-refractivity contribution < 1.29 is 0 Å². The van der Waals surface area contributed by atoms with Gasteiger partial charge in [0.15, 0.2) is 0 Å². The minimum atomic E-state index is 0.968. The molecule has 0 heterocycles. The van der Waals surface area contributed by atoms with Crippen LogP contribution in [0.1, 0.15) is 141 Å². The summed E-state index contributed by atoms with van der Waals surface area (Å²) in [5, 5.41) is 0. The summed E-state index contributed by atoms with van der Waals surface area (Å²) in [6, 6.07) is 0. The minimum absolute atomic E-state index is 0.968. The molecule has 0 aliphatic carbocycles. The summed E-state index contributed by atoms with van der Waals surface area (Å²) < 4.78 is 0. The number of hydrogen-bond acceptors (Lipinski definition) is 0. The molecular weight excluding hydrogens is 288 g/mol. The molecule has 0 aliphatic heterocycles. The topological polar surface area (TPSA) is 0 Å². The predicted molar refractivity (Wildman–Crippen MR) is 123 cm³/mol. The zero-order chi connectivity index (χ0) is 20.8. The Bertz CT molecular complexity index is 133. The third kappa shape index (κ3) is 98.6. The van der Waals surface area contributed by atoms with E-state index in [1.165, 1.54) is 50.5 Å². The van der Waals surface area contributed by atoms with Crippen molar-refractivity contribution in [3.63, 3.8) is 0 Å². The van der Waals surface area contributed by atoms with E-state index in [1.807, 2.05) is 48.5 Å². The van der Waals surface area contributed by atoms with E-state index in [4.69, 9.17) is 0 Å². The Morgan fingerprint density at radius 1 is 0.667 bits per heavy atom. The first-order chi connectivity index (χ1) is 11.5. The first-order valence-electron chi connectivity index (χ1n) is 11.1. The molecule has 0 radical (unpaired) electrons. The van der Waals surface area contributed by atoms with Crippen molar-refractivity contribution in [3.05, 3.63) is 12.2 Å². The largest absolute Gasteiger partial charge is 0.100 e. The molecule has 154 valence electrons. The van der Waals surface area contributed by atoms with E-state index in [9.17, 15) is 0 Å². The van der Waals surface area contributed by atoms with Gasteiger partial charge in [-0.25, -0.2) is 0 Å². The highest BCUT2D eigenvalue weighted by molar-refractivity contribution is 4.84. The van der Waals surface area contributed by atoms with Crippen LogP contribution in [0, 0.1) is 5.92 Å². The van der Waals surface area contributed by atoms with Crippen LogP contribution in [0.3, 0.4) is 0 Å². The lowest BCUT2D eigenvalue weighted by Crippen LogP contribution is -1.92. The predicted octanol–water partition coefficient (Wildman–Crippen LogP) is 10.5. The van der Waals surface area contributed by atoms with Gasteiger partial charge in [-0.15, -0.1) is 6.58 Å². The molecule has 0 N–H and O–H groups in total. The van der Waals surface area contributed by atoms with Crippen molar-refractivity contribution in [3.8, 4) is 0 Å². The van der Waals surface area contributed by atoms with Gasteiger partial charge >= 0.3 is 0 Å². The van der Waals surface area contributed by atoms with Crippen molar-refractivity contribution in [2.24, 2.45) is 5.92 Å². The van der Waals surface area contributed by atoms with Crippen LogP contribution in [0.4, 0.5) is 0 Å². The molecule has 24 heavy (non-hydrogen) atoms. The smallest absolute Gasteiger partial charge is 0.0354 e. The van der Waals surface area contributed by atoms with Gasteiger partial charge in [0.1, 0.15) is 0 Å². The molecule has 0 aromatic rings. The van der Waals surface area contributed by atoms with E-state index in [2.05, 4.69) is 48.1 Å².